The van der Waals surface area contributed by atoms with Crippen LogP contribution in [0.2, 0.25) is 0 Å². The SMILES string of the molecule is CC1CC(NC2CCCC(C(=O)O)C2)CN1C. The van der Waals surface area contributed by atoms with Gasteiger partial charge in [-0.3, -0.25) is 4.79 Å². The van der Waals surface area contributed by atoms with Crippen molar-refractivity contribution in [3.05, 3.63) is 0 Å². The average Bonchev–Trinajstić information content (AvgIpc) is 2.58. The first kappa shape index (κ1) is 12.8. The molecule has 4 atom stereocenters. The van der Waals surface area contributed by atoms with Crippen molar-refractivity contribution in [1.82, 2.24) is 10.2 Å². The molecule has 1 saturated carbocycles. The molecule has 0 spiro atoms. The van der Waals surface area contributed by atoms with Crippen LogP contribution in [0.15, 0.2) is 0 Å². The van der Waals surface area contributed by atoms with Gasteiger partial charge in [-0.25, -0.2) is 0 Å². The van der Waals surface area contributed by atoms with Crippen LogP contribution < -0.4 is 5.32 Å². The van der Waals surface area contributed by atoms with E-state index in [-0.39, 0.29) is 5.92 Å². The molecule has 0 aromatic rings. The van der Waals surface area contributed by atoms with Gasteiger partial charge in [0, 0.05) is 24.7 Å². The van der Waals surface area contributed by atoms with Gasteiger partial charge >= 0.3 is 5.97 Å². The predicted octanol–water partition coefficient (Wildman–Crippen LogP) is 1.31. The number of carboxylic acids is 1. The molecule has 0 aromatic carbocycles. The highest BCUT2D eigenvalue weighted by atomic mass is 16.4. The van der Waals surface area contributed by atoms with Gasteiger partial charge in [-0.15, -0.1) is 0 Å². The van der Waals surface area contributed by atoms with E-state index in [2.05, 4.69) is 24.2 Å². The van der Waals surface area contributed by atoms with Crippen molar-refractivity contribution in [2.45, 2.75) is 57.2 Å². The van der Waals surface area contributed by atoms with Gasteiger partial charge in [0.05, 0.1) is 5.92 Å². The number of nitrogens with one attached hydrogen (secondary N) is 1. The summed E-state index contributed by atoms with van der Waals surface area (Å²) < 4.78 is 0. The first-order chi connectivity index (χ1) is 8.06. The Balaban J connectivity index is 1.81. The van der Waals surface area contributed by atoms with Crippen molar-refractivity contribution in [3.63, 3.8) is 0 Å². The van der Waals surface area contributed by atoms with Gasteiger partial charge < -0.3 is 15.3 Å². The van der Waals surface area contributed by atoms with Crippen LogP contribution in [0.1, 0.15) is 39.0 Å². The van der Waals surface area contributed by atoms with E-state index >= 15 is 0 Å². The van der Waals surface area contributed by atoms with Crippen LogP contribution in [0.3, 0.4) is 0 Å². The molecular formula is C13H24N2O2. The fourth-order valence-electron chi connectivity index (χ4n) is 3.21. The summed E-state index contributed by atoms with van der Waals surface area (Å²) in [6, 6.07) is 1.60. The van der Waals surface area contributed by atoms with Gasteiger partial charge in [0.15, 0.2) is 0 Å². The molecule has 2 aliphatic rings. The Morgan fingerprint density at radius 3 is 2.65 bits per heavy atom. The van der Waals surface area contributed by atoms with Gasteiger partial charge in [0.25, 0.3) is 0 Å². The highest BCUT2D eigenvalue weighted by Crippen LogP contribution is 2.26. The van der Waals surface area contributed by atoms with E-state index in [0.717, 1.165) is 32.2 Å². The van der Waals surface area contributed by atoms with Crippen LogP contribution in [-0.4, -0.2) is 47.7 Å². The smallest absolute Gasteiger partial charge is 0.306 e. The summed E-state index contributed by atoms with van der Waals surface area (Å²) in [5.41, 5.74) is 0. The second-order valence-electron chi connectivity index (χ2n) is 5.79. The van der Waals surface area contributed by atoms with Gasteiger partial charge in [0.1, 0.15) is 0 Å². The van der Waals surface area contributed by atoms with Crippen molar-refractivity contribution in [2.75, 3.05) is 13.6 Å². The first-order valence-corrected chi connectivity index (χ1v) is 6.75. The number of nitrogens with zero attached hydrogens (tertiary/aromatic N) is 1. The van der Waals surface area contributed by atoms with Gasteiger partial charge in [-0.2, -0.15) is 0 Å². The Kier molecular flexibility index (Phi) is 4.05. The molecule has 4 nitrogen and oxygen atoms in total. The summed E-state index contributed by atoms with van der Waals surface area (Å²) in [4.78, 5) is 13.4. The normalized spacial score (nSPS) is 39.4. The molecule has 0 radical (unpaired) electrons. The molecule has 1 aliphatic heterocycles. The predicted molar refractivity (Wildman–Crippen MR) is 67.0 cm³/mol. The Morgan fingerprint density at radius 1 is 1.29 bits per heavy atom. The maximum atomic E-state index is 11.0. The zero-order valence-corrected chi connectivity index (χ0v) is 10.9. The van der Waals surface area contributed by atoms with E-state index < -0.39 is 5.97 Å². The molecule has 2 fully saturated rings. The maximum Gasteiger partial charge on any atom is 0.306 e. The molecule has 1 saturated heterocycles. The largest absolute Gasteiger partial charge is 0.481 e. The summed E-state index contributed by atoms with van der Waals surface area (Å²) >= 11 is 0. The van der Waals surface area contributed by atoms with E-state index in [4.69, 9.17) is 5.11 Å². The Bertz CT molecular complexity index is 273. The lowest BCUT2D eigenvalue weighted by molar-refractivity contribution is -0.143. The van der Waals surface area contributed by atoms with E-state index in [1.807, 2.05) is 0 Å². The van der Waals surface area contributed by atoms with Crippen LogP contribution in [0.25, 0.3) is 0 Å². The van der Waals surface area contributed by atoms with Crippen LogP contribution in [0.5, 0.6) is 0 Å². The number of carboxylic acid groups (broad SMARTS) is 1. The van der Waals surface area contributed by atoms with Crippen LogP contribution in [-0.2, 0) is 4.79 Å². The minimum absolute atomic E-state index is 0.127. The number of aliphatic carboxylic acids is 1. The molecule has 98 valence electrons. The molecule has 1 aliphatic carbocycles. The molecule has 17 heavy (non-hydrogen) atoms. The summed E-state index contributed by atoms with van der Waals surface area (Å²) in [5.74, 6) is -0.744. The van der Waals surface area contributed by atoms with Gasteiger partial charge in [-0.1, -0.05) is 6.42 Å². The van der Waals surface area contributed by atoms with Crippen molar-refractivity contribution in [3.8, 4) is 0 Å². The lowest BCUT2D eigenvalue weighted by Crippen LogP contribution is -2.43. The Morgan fingerprint density at radius 2 is 2.06 bits per heavy atom. The van der Waals surface area contributed by atoms with Gasteiger partial charge in [0.2, 0.25) is 0 Å². The molecule has 2 N–H and O–H groups in total. The van der Waals surface area contributed by atoms with Crippen LogP contribution >= 0.6 is 0 Å². The summed E-state index contributed by atoms with van der Waals surface area (Å²) in [6.07, 6.45) is 5.04. The number of likely N-dealkylation sites (N-methyl/N-ethyl adjacent to an activating group) is 1. The number of carbonyl (C=O) groups is 1. The molecule has 4 unspecified atom stereocenters. The highest BCUT2D eigenvalue weighted by Gasteiger charge is 2.31. The minimum atomic E-state index is -0.617. The molecule has 0 amide bonds. The quantitative estimate of drug-likeness (QED) is 0.781. The van der Waals surface area contributed by atoms with Crippen molar-refractivity contribution in [2.24, 2.45) is 5.92 Å². The third-order valence-corrected chi connectivity index (χ3v) is 4.38. The van der Waals surface area contributed by atoms with Crippen LogP contribution in [0.4, 0.5) is 0 Å². The Hall–Kier alpha value is -0.610. The molecule has 2 rings (SSSR count). The lowest BCUT2D eigenvalue weighted by atomic mass is 9.85. The summed E-state index contributed by atoms with van der Waals surface area (Å²) in [6.45, 7) is 3.35. The van der Waals surface area contributed by atoms with E-state index in [1.54, 1.807) is 0 Å². The molecule has 0 aromatic heterocycles. The molecule has 0 bridgehead atoms. The first-order valence-electron chi connectivity index (χ1n) is 6.75. The monoisotopic (exact) mass is 240 g/mol. The average molecular weight is 240 g/mol. The number of hydrogen-bond donors (Lipinski definition) is 2. The molecule has 1 heterocycles. The fraction of sp³-hybridized carbons (Fsp3) is 0.923. The highest BCUT2D eigenvalue weighted by molar-refractivity contribution is 5.70. The van der Waals surface area contributed by atoms with Gasteiger partial charge in [-0.05, 0) is 39.7 Å². The maximum absolute atomic E-state index is 11.0. The molecular weight excluding hydrogens is 216 g/mol. The van der Waals surface area contributed by atoms with E-state index in [1.165, 1.54) is 6.42 Å². The second kappa shape index (κ2) is 5.36. The number of hydrogen-bond acceptors (Lipinski definition) is 3. The zero-order chi connectivity index (χ0) is 12.4. The third kappa shape index (κ3) is 3.19. The van der Waals surface area contributed by atoms with E-state index in [0.29, 0.717) is 18.1 Å². The standard InChI is InChI=1S/C13H24N2O2/c1-9-6-12(8-15(9)2)14-11-5-3-4-10(7-11)13(16)17/h9-12,14H,3-8H2,1-2H3,(H,16,17). The fourth-order valence-corrected chi connectivity index (χ4v) is 3.21. The van der Waals surface area contributed by atoms with Crippen molar-refractivity contribution in [1.29, 1.82) is 0 Å². The Labute approximate surface area is 103 Å². The second-order valence-corrected chi connectivity index (χ2v) is 5.79. The summed E-state index contributed by atoms with van der Waals surface area (Å²) in [5, 5.41) is 12.7. The summed E-state index contributed by atoms with van der Waals surface area (Å²) in [7, 11) is 2.16. The lowest BCUT2D eigenvalue weighted by Gasteiger charge is -2.29. The van der Waals surface area contributed by atoms with E-state index in [9.17, 15) is 4.79 Å². The number of rotatable bonds is 3. The topological polar surface area (TPSA) is 52.6 Å². The van der Waals surface area contributed by atoms with Crippen molar-refractivity contribution < 1.29 is 9.90 Å². The number of likely N-dealkylation sites (tertiary alicyclic amines) is 1. The van der Waals surface area contributed by atoms with Crippen LogP contribution in [0, 0.1) is 5.92 Å². The van der Waals surface area contributed by atoms with Crippen molar-refractivity contribution >= 4 is 5.97 Å². The molecule has 4 heteroatoms. The zero-order valence-electron chi connectivity index (χ0n) is 10.9. The third-order valence-electron chi connectivity index (χ3n) is 4.38. The minimum Gasteiger partial charge on any atom is -0.481 e.